The first-order chi connectivity index (χ1) is 13.2. The van der Waals surface area contributed by atoms with Gasteiger partial charge in [-0.25, -0.2) is 9.97 Å². The normalized spacial score (nSPS) is 27.7. The van der Waals surface area contributed by atoms with Gasteiger partial charge in [-0.3, -0.25) is 0 Å². The van der Waals surface area contributed by atoms with Gasteiger partial charge in [0.05, 0.1) is 24.4 Å². The molecule has 1 aliphatic carbocycles. The number of aryl methyl sites for hydroxylation is 1. The topological polar surface area (TPSA) is 78.7 Å². The Morgan fingerprint density at radius 3 is 2.46 bits per heavy atom. The second-order valence-corrected chi connectivity index (χ2v) is 8.33. The van der Waals surface area contributed by atoms with Crippen molar-refractivity contribution in [1.29, 1.82) is 0 Å². The summed E-state index contributed by atoms with van der Waals surface area (Å²) in [5.41, 5.74) is -1.72. The van der Waals surface area contributed by atoms with Crippen LogP contribution < -0.4 is 4.90 Å². The summed E-state index contributed by atoms with van der Waals surface area (Å²) in [6, 6.07) is 0. The van der Waals surface area contributed by atoms with Crippen molar-refractivity contribution < 1.29 is 28.1 Å². The van der Waals surface area contributed by atoms with E-state index in [9.17, 15) is 23.4 Å². The molecule has 1 atom stereocenters. The van der Waals surface area contributed by atoms with Gasteiger partial charge < -0.3 is 19.8 Å². The summed E-state index contributed by atoms with van der Waals surface area (Å²) >= 11 is 0. The van der Waals surface area contributed by atoms with E-state index in [1.807, 2.05) is 0 Å². The van der Waals surface area contributed by atoms with Gasteiger partial charge in [0.15, 0.2) is 5.69 Å². The quantitative estimate of drug-likeness (QED) is 0.792. The Labute approximate surface area is 161 Å². The van der Waals surface area contributed by atoms with Gasteiger partial charge in [-0.05, 0) is 38.5 Å². The molecule has 2 fully saturated rings. The molecule has 28 heavy (non-hydrogen) atoms. The van der Waals surface area contributed by atoms with E-state index in [0.717, 1.165) is 12.8 Å². The lowest BCUT2D eigenvalue weighted by Gasteiger charge is -2.48. The smallest absolute Gasteiger partial charge is 0.393 e. The molecule has 3 aliphatic rings. The van der Waals surface area contributed by atoms with E-state index in [-0.39, 0.29) is 18.1 Å². The number of aromatic nitrogens is 2. The van der Waals surface area contributed by atoms with Gasteiger partial charge in [0.2, 0.25) is 5.95 Å². The largest absolute Gasteiger partial charge is 0.433 e. The third-order valence-electron chi connectivity index (χ3n) is 6.32. The summed E-state index contributed by atoms with van der Waals surface area (Å²) in [6.45, 7) is 0.963. The number of halogens is 3. The van der Waals surface area contributed by atoms with Crippen molar-refractivity contribution in [3.8, 4) is 0 Å². The maximum atomic E-state index is 13.6. The molecule has 1 aromatic rings. The van der Waals surface area contributed by atoms with Crippen molar-refractivity contribution >= 4 is 5.95 Å². The van der Waals surface area contributed by atoms with Crippen LogP contribution in [0.4, 0.5) is 19.1 Å². The fourth-order valence-corrected chi connectivity index (χ4v) is 4.72. The first kappa shape index (κ1) is 19.8. The Morgan fingerprint density at radius 2 is 1.79 bits per heavy atom. The molecule has 2 N–H and O–H groups in total. The average Bonchev–Trinajstić information content (AvgIpc) is 2.67. The molecule has 9 heteroatoms. The minimum atomic E-state index is -4.49. The van der Waals surface area contributed by atoms with E-state index in [0.29, 0.717) is 63.9 Å². The van der Waals surface area contributed by atoms with E-state index < -0.39 is 23.1 Å². The molecule has 156 valence electrons. The van der Waals surface area contributed by atoms with E-state index in [4.69, 9.17) is 4.74 Å². The highest BCUT2D eigenvalue weighted by atomic mass is 19.4. The lowest BCUT2D eigenvalue weighted by molar-refractivity contribution is -0.180. The molecule has 1 aromatic heterocycles. The second kappa shape index (κ2) is 7.11. The van der Waals surface area contributed by atoms with Crippen LogP contribution in [0.5, 0.6) is 0 Å². The van der Waals surface area contributed by atoms with Crippen LogP contribution in [0.2, 0.25) is 0 Å². The van der Waals surface area contributed by atoms with Gasteiger partial charge in [-0.2, -0.15) is 13.2 Å². The summed E-state index contributed by atoms with van der Waals surface area (Å²) in [6.07, 6.45) is -0.150. The molecule has 2 saturated heterocycles. The number of aliphatic hydroxyl groups excluding tert-OH is 1. The number of alkyl halides is 3. The van der Waals surface area contributed by atoms with Crippen molar-refractivity contribution in [3.05, 3.63) is 17.0 Å². The van der Waals surface area contributed by atoms with Gasteiger partial charge in [-0.1, -0.05) is 0 Å². The van der Waals surface area contributed by atoms with Gasteiger partial charge in [0, 0.05) is 37.2 Å². The number of anilines is 1. The van der Waals surface area contributed by atoms with Gasteiger partial charge in [-0.15, -0.1) is 0 Å². The zero-order chi connectivity index (χ0) is 20.0. The molecule has 0 bridgehead atoms. The molecule has 2 aliphatic heterocycles. The third-order valence-corrected chi connectivity index (χ3v) is 6.32. The van der Waals surface area contributed by atoms with E-state index in [1.165, 1.54) is 0 Å². The number of piperidine rings is 1. The standard InChI is InChI=1S/C19H26F3N3O3/c20-19(21,22)15-13-3-1-2-4-14(13)23-16(24-15)25-8-5-18(6-9-25)11-17(27,12-26)7-10-28-18/h26-27H,1-12H2. The Bertz CT molecular complexity index is 735. The number of ether oxygens (including phenoxy) is 1. The Hall–Kier alpha value is -1.45. The number of fused-ring (bicyclic) bond motifs is 1. The molecule has 0 aromatic carbocycles. The van der Waals surface area contributed by atoms with Crippen LogP contribution >= 0.6 is 0 Å². The first-order valence-corrected chi connectivity index (χ1v) is 9.93. The van der Waals surface area contributed by atoms with Crippen molar-refractivity contribution in [2.24, 2.45) is 0 Å². The fraction of sp³-hybridized carbons (Fsp3) is 0.789. The predicted molar refractivity (Wildman–Crippen MR) is 95.1 cm³/mol. The SMILES string of the molecule is OCC1(O)CCOC2(CCN(c3nc4c(c(C(F)(F)F)n3)CCCC4)CC2)C1. The minimum absolute atomic E-state index is 0.135. The molecule has 1 unspecified atom stereocenters. The average molecular weight is 401 g/mol. The Balaban J connectivity index is 1.55. The first-order valence-electron chi connectivity index (χ1n) is 9.93. The van der Waals surface area contributed by atoms with Crippen LogP contribution in [-0.4, -0.2) is 57.7 Å². The molecule has 1 spiro atoms. The molecule has 3 heterocycles. The molecule has 0 amide bonds. The fourth-order valence-electron chi connectivity index (χ4n) is 4.72. The highest BCUT2D eigenvalue weighted by Crippen LogP contribution is 2.41. The number of hydrogen-bond donors (Lipinski definition) is 2. The highest BCUT2D eigenvalue weighted by molar-refractivity contribution is 5.40. The van der Waals surface area contributed by atoms with Gasteiger partial charge in [0.1, 0.15) is 0 Å². The van der Waals surface area contributed by atoms with Crippen LogP contribution in [0, 0.1) is 0 Å². The molecular weight excluding hydrogens is 375 g/mol. The predicted octanol–water partition coefficient (Wildman–Crippen LogP) is 2.25. The van der Waals surface area contributed by atoms with Crippen molar-refractivity contribution in [1.82, 2.24) is 9.97 Å². The van der Waals surface area contributed by atoms with Crippen molar-refractivity contribution in [2.45, 2.75) is 68.7 Å². The zero-order valence-corrected chi connectivity index (χ0v) is 15.8. The maximum absolute atomic E-state index is 13.6. The highest BCUT2D eigenvalue weighted by Gasteiger charge is 2.47. The lowest BCUT2D eigenvalue weighted by Crippen LogP contribution is -2.55. The van der Waals surface area contributed by atoms with Crippen LogP contribution in [0.1, 0.15) is 55.5 Å². The summed E-state index contributed by atoms with van der Waals surface area (Å²) in [5, 5.41) is 19.9. The molecular formula is C19H26F3N3O3. The second-order valence-electron chi connectivity index (χ2n) is 8.33. The number of hydrogen-bond acceptors (Lipinski definition) is 6. The monoisotopic (exact) mass is 401 g/mol. The molecule has 0 radical (unpaired) electrons. The maximum Gasteiger partial charge on any atom is 0.433 e. The number of rotatable bonds is 2. The van der Waals surface area contributed by atoms with E-state index >= 15 is 0 Å². The van der Waals surface area contributed by atoms with Crippen LogP contribution in [0.25, 0.3) is 0 Å². The Morgan fingerprint density at radius 1 is 1.07 bits per heavy atom. The van der Waals surface area contributed by atoms with Gasteiger partial charge in [0.25, 0.3) is 0 Å². The summed E-state index contributed by atoms with van der Waals surface area (Å²) in [5.74, 6) is 0.135. The van der Waals surface area contributed by atoms with Crippen LogP contribution in [0.3, 0.4) is 0 Å². The third kappa shape index (κ3) is 3.71. The van der Waals surface area contributed by atoms with Crippen molar-refractivity contribution in [3.63, 3.8) is 0 Å². The van der Waals surface area contributed by atoms with Crippen LogP contribution in [-0.2, 0) is 23.8 Å². The number of aliphatic hydroxyl groups is 2. The summed E-state index contributed by atoms with van der Waals surface area (Å²) < 4.78 is 46.6. The lowest BCUT2D eigenvalue weighted by atomic mass is 9.77. The molecule has 0 saturated carbocycles. The summed E-state index contributed by atoms with van der Waals surface area (Å²) in [4.78, 5) is 10.2. The molecule has 6 nitrogen and oxygen atoms in total. The van der Waals surface area contributed by atoms with Crippen LogP contribution in [0.15, 0.2) is 0 Å². The van der Waals surface area contributed by atoms with Gasteiger partial charge >= 0.3 is 6.18 Å². The minimum Gasteiger partial charge on any atom is -0.393 e. The molecule has 4 rings (SSSR count). The number of nitrogens with zero attached hydrogens (tertiary/aromatic N) is 3. The Kier molecular flexibility index (Phi) is 5.04. The zero-order valence-electron chi connectivity index (χ0n) is 15.8. The van der Waals surface area contributed by atoms with Crippen molar-refractivity contribution in [2.75, 3.05) is 31.2 Å². The summed E-state index contributed by atoms with van der Waals surface area (Å²) in [7, 11) is 0. The van der Waals surface area contributed by atoms with E-state index in [2.05, 4.69) is 9.97 Å². The van der Waals surface area contributed by atoms with E-state index in [1.54, 1.807) is 4.90 Å².